The van der Waals surface area contributed by atoms with Gasteiger partial charge in [0.25, 0.3) is 0 Å². The fraction of sp³-hybridized carbons (Fsp3) is 1.00. The second kappa shape index (κ2) is 2.53. The number of rotatable bonds is 0. The normalized spacial score (nSPS) is 61.3. The molecule has 4 fully saturated rings. The molecule has 0 amide bonds. The number of epoxide rings is 1. The molecule has 0 bridgehead atoms. The van der Waals surface area contributed by atoms with Crippen LogP contribution in [-0.4, -0.2) is 12.2 Å². The summed E-state index contributed by atoms with van der Waals surface area (Å²) in [4.78, 5) is 0. The van der Waals surface area contributed by atoms with Crippen molar-refractivity contribution < 1.29 is 4.74 Å². The first-order chi connectivity index (χ1) is 7.45. The highest BCUT2D eigenvalue weighted by Gasteiger charge is 2.69. The van der Waals surface area contributed by atoms with Gasteiger partial charge in [-0.3, -0.25) is 0 Å². The quantitative estimate of drug-likeness (QED) is 0.568. The molecule has 1 nitrogen and oxygen atoms in total. The van der Waals surface area contributed by atoms with Crippen LogP contribution < -0.4 is 0 Å². The second-order valence-corrected chi connectivity index (χ2v) is 8.08. The molecule has 0 N–H and O–H groups in total. The zero-order chi connectivity index (χ0) is 11.2. The van der Waals surface area contributed by atoms with Crippen LogP contribution in [0.3, 0.4) is 0 Å². The van der Waals surface area contributed by atoms with E-state index in [2.05, 4.69) is 20.8 Å². The highest BCUT2D eigenvalue weighted by atomic mass is 16.6. The molecule has 0 aromatic rings. The summed E-state index contributed by atoms with van der Waals surface area (Å²) >= 11 is 0. The van der Waals surface area contributed by atoms with E-state index in [9.17, 15) is 0 Å². The van der Waals surface area contributed by atoms with Gasteiger partial charge in [-0.2, -0.15) is 0 Å². The Balaban J connectivity index is 1.73. The first-order valence-corrected chi connectivity index (χ1v) is 7.09. The van der Waals surface area contributed by atoms with Crippen molar-refractivity contribution >= 4 is 0 Å². The maximum Gasteiger partial charge on any atom is 0.0947 e. The van der Waals surface area contributed by atoms with Crippen LogP contribution in [0.2, 0.25) is 0 Å². The minimum absolute atomic E-state index is 0.364. The van der Waals surface area contributed by atoms with Crippen molar-refractivity contribution in [2.75, 3.05) is 6.61 Å². The lowest BCUT2D eigenvalue weighted by atomic mass is 9.73. The third-order valence-corrected chi connectivity index (χ3v) is 6.43. The van der Waals surface area contributed by atoms with Crippen LogP contribution >= 0.6 is 0 Å². The summed E-state index contributed by atoms with van der Waals surface area (Å²) < 4.78 is 5.89. The van der Waals surface area contributed by atoms with Gasteiger partial charge in [-0.05, 0) is 60.7 Å². The second-order valence-electron chi connectivity index (χ2n) is 8.08. The van der Waals surface area contributed by atoms with E-state index in [0.717, 1.165) is 24.4 Å². The van der Waals surface area contributed by atoms with Crippen LogP contribution in [0.25, 0.3) is 0 Å². The van der Waals surface area contributed by atoms with Gasteiger partial charge < -0.3 is 4.74 Å². The SMILES string of the molecule is CC1(C)C[C@@H]2C[C@@]2(C)[C@@H]2CC[C@@]3(CO3)[C@H]2C1. The Morgan fingerprint density at radius 3 is 2.44 bits per heavy atom. The third kappa shape index (κ3) is 1.11. The van der Waals surface area contributed by atoms with Gasteiger partial charge in [0.1, 0.15) is 0 Å². The summed E-state index contributed by atoms with van der Waals surface area (Å²) in [6.45, 7) is 8.62. The van der Waals surface area contributed by atoms with Crippen LogP contribution in [0.15, 0.2) is 0 Å². The lowest BCUT2D eigenvalue weighted by molar-refractivity contribution is 0.140. The average Bonchev–Trinajstić information content (AvgIpc) is 3.00. The molecule has 0 radical (unpaired) electrons. The van der Waals surface area contributed by atoms with Gasteiger partial charge in [0.05, 0.1) is 12.2 Å². The van der Waals surface area contributed by atoms with Crippen molar-refractivity contribution in [1.82, 2.24) is 0 Å². The maximum atomic E-state index is 5.89. The van der Waals surface area contributed by atoms with Crippen molar-refractivity contribution in [3.05, 3.63) is 0 Å². The van der Waals surface area contributed by atoms with Gasteiger partial charge in [-0.1, -0.05) is 20.8 Å². The average molecular weight is 220 g/mol. The first-order valence-electron chi connectivity index (χ1n) is 7.09. The van der Waals surface area contributed by atoms with Gasteiger partial charge >= 0.3 is 0 Å². The van der Waals surface area contributed by atoms with Crippen LogP contribution in [0.5, 0.6) is 0 Å². The molecule has 4 rings (SSSR count). The van der Waals surface area contributed by atoms with E-state index in [1.807, 2.05) is 0 Å². The molecular formula is C15H24O. The fourth-order valence-corrected chi connectivity index (χ4v) is 5.30. The molecule has 3 aliphatic carbocycles. The van der Waals surface area contributed by atoms with E-state index >= 15 is 0 Å². The highest BCUT2D eigenvalue weighted by Crippen LogP contribution is 2.72. The first kappa shape index (κ1) is 9.94. The molecule has 1 spiro atoms. The number of hydrogen-bond donors (Lipinski definition) is 0. The Labute approximate surface area is 98.9 Å². The number of fused-ring (bicyclic) bond motifs is 4. The molecule has 1 heterocycles. The molecule has 3 saturated carbocycles. The molecule has 0 aromatic carbocycles. The molecule has 1 aliphatic heterocycles. The van der Waals surface area contributed by atoms with Crippen molar-refractivity contribution in [3.8, 4) is 0 Å². The summed E-state index contributed by atoms with van der Waals surface area (Å²) in [6.07, 6.45) is 7.21. The Morgan fingerprint density at radius 1 is 1.00 bits per heavy atom. The summed E-state index contributed by atoms with van der Waals surface area (Å²) in [7, 11) is 0. The summed E-state index contributed by atoms with van der Waals surface area (Å²) in [5, 5.41) is 0. The molecule has 1 saturated heterocycles. The fourth-order valence-electron chi connectivity index (χ4n) is 5.30. The highest BCUT2D eigenvalue weighted by molar-refractivity contribution is 5.17. The lowest BCUT2D eigenvalue weighted by Gasteiger charge is -2.31. The molecule has 0 aromatic heterocycles. The van der Waals surface area contributed by atoms with E-state index < -0.39 is 0 Å². The van der Waals surface area contributed by atoms with E-state index in [4.69, 9.17) is 4.74 Å². The molecule has 1 heteroatoms. The molecule has 16 heavy (non-hydrogen) atoms. The standard InChI is InChI=1S/C15H24O/c1-13(2)6-10-7-14(10,3)11-4-5-15(9-16-15)12(11)8-13/h10-12H,4-9H2,1-3H3/t10-,11-,12+,14-,15-/m1/s1. The maximum absolute atomic E-state index is 5.89. The van der Waals surface area contributed by atoms with Crippen molar-refractivity contribution in [2.24, 2.45) is 28.6 Å². The summed E-state index contributed by atoms with van der Waals surface area (Å²) in [5.41, 5.74) is 1.63. The Morgan fingerprint density at radius 2 is 1.75 bits per heavy atom. The minimum Gasteiger partial charge on any atom is -0.369 e. The molecule has 0 unspecified atom stereocenters. The van der Waals surface area contributed by atoms with Crippen LogP contribution in [0.4, 0.5) is 0 Å². The van der Waals surface area contributed by atoms with E-state index in [-0.39, 0.29) is 0 Å². The van der Waals surface area contributed by atoms with Gasteiger partial charge in [-0.25, -0.2) is 0 Å². The Bertz CT molecular complexity index is 341. The van der Waals surface area contributed by atoms with Gasteiger partial charge in [-0.15, -0.1) is 0 Å². The largest absolute Gasteiger partial charge is 0.369 e. The predicted octanol–water partition coefficient (Wildman–Crippen LogP) is 3.63. The zero-order valence-electron chi connectivity index (χ0n) is 10.9. The third-order valence-electron chi connectivity index (χ3n) is 6.43. The zero-order valence-corrected chi connectivity index (χ0v) is 10.9. The topological polar surface area (TPSA) is 12.5 Å². The predicted molar refractivity (Wildman–Crippen MR) is 64.1 cm³/mol. The van der Waals surface area contributed by atoms with Crippen LogP contribution in [0.1, 0.15) is 52.9 Å². The summed E-state index contributed by atoms with van der Waals surface area (Å²) in [6, 6.07) is 0. The number of hydrogen-bond acceptors (Lipinski definition) is 1. The lowest BCUT2D eigenvalue weighted by Crippen LogP contribution is -2.29. The van der Waals surface area contributed by atoms with Gasteiger partial charge in [0, 0.05) is 0 Å². The van der Waals surface area contributed by atoms with E-state index in [1.165, 1.54) is 32.1 Å². The van der Waals surface area contributed by atoms with Crippen LogP contribution in [-0.2, 0) is 4.74 Å². The van der Waals surface area contributed by atoms with Crippen LogP contribution in [0, 0.1) is 28.6 Å². The van der Waals surface area contributed by atoms with Gasteiger partial charge in [0.15, 0.2) is 0 Å². The molecule has 90 valence electrons. The van der Waals surface area contributed by atoms with Crippen molar-refractivity contribution in [1.29, 1.82) is 0 Å². The molecule has 5 atom stereocenters. The van der Waals surface area contributed by atoms with E-state index in [0.29, 0.717) is 16.4 Å². The molecular weight excluding hydrogens is 196 g/mol. The smallest absolute Gasteiger partial charge is 0.0947 e. The van der Waals surface area contributed by atoms with E-state index in [1.54, 1.807) is 0 Å². The monoisotopic (exact) mass is 220 g/mol. The minimum atomic E-state index is 0.364. The Kier molecular flexibility index (Phi) is 1.57. The van der Waals surface area contributed by atoms with Gasteiger partial charge in [0.2, 0.25) is 0 Å². The number of ether oxygens (including phenoxy) is 1. The Hall–Kier alpha value is -0.0400. The van der Waals surface area contributed by atoms with Crippen molar-refractivity contribution in [2.45, 2.75) is 58.5 Å². The molecule has 4 aliphatic rings. The van der Waals surface area contributed by atoms with Crippen molar-refractivity contribution in [3.63, 3.8) is 0 Å². The summed E-state index contributed by atoms with van der Waals surface area (Å²) in [5.74, 6) is 2.91.